The highest BCUT2D eigenvalue weighted by atomic mass is 16.5. The van der Waals surface area contributed by atoms with E-state index in [1.807, 2.05) is 30.4 Å². The lowest BCUT2D eigenvalue weighted by molar-refractivity contribution is -0.155. The molecule has 0 bridgehead atoms. The number of hydrogen-bond acceptors (Lipinski definition) is 4. The molecule has 3 atom stereocenters. The number of amides is 1. The number of carbonyl (C=O) groups is 2. The molecule has 3 rings (SSSR count). The van der Waals surface area contributed by atoms with Crippen LogP contribution in [-0.2, 0) is 16.1 Å². The van der Waals surface area contributed by atoms with E-state index in [0.717, 1.165) is 12.0 Å². The Hall–Kier alpha value is -2.50. The lowest BCUT2D eigenvalue weighted by atomic mass is 9.71. The van der Waals surface area contributed by atoms with E-state index in [-0.39, 0.29) is 11.8 Å². The van der Waals surface area contributed by atoms with Crippen LogP contribution >= 0.6 is 0 Å². The van der Waals surface area contributed by atoms with Gasteiger partial charge < -0.3 is 19.5 Å². The van der Waals surface area contributed by atoms with Crippen LogP contribution in [0.25, 0.3) is 0 Å². The van der Waals surface area contributed by atoms with Gasteiger partial charge in [0, 0.05) is 13.1 Å². The molecule has 1 aliphatic heterocycles. The van der Waals surface area contributed by atoms with Crippen molar-refractivity contribution in [2.45, 2.75) is 19.4 Å². The van der Waals surface area contributed by atoms with Crippen molar-refractivity contribution in [2.24, 2.45) is 17.8 Å². The Kier molecular flexibility index (Phi) is 4.97. The van der Waals surface area contributed by atoms with Crippen molar-refractivity contribution < 1.29 is 24.2 Å². The number of methoxy groups -OCH3 is 2. The van der Waals surface area contributed by atoms with Crippen LogP contribution in [0, 0.1) is 17.8 Å². The monoisotopic (exact) mass is 345 g/mol. The van der Waals surface area contributed by atoms with Crippen LogP contribution < -0.4 is 9.47 Å². The molecule has 0 spiro atoms. The summed E-state index contributed by atoms with van der Waals surface area (Å²) in [5.41, 5.74) is 0.933. The Morgan fingerprint density at radius 2 is 2.04 bits per heavy atom. The van der Waals surface area contributed by atoms with Crippen molar-refractivity contribution in [3.05, 3.63) is 35.9 Å². The minimum Gasteiger partial charge on any atom is -0.493 e. The number of carboxylic acid groups (broad SMARTS) is 1. The van der Waals surface area contributed by atoms with Crippen LogP contribution in [-0.4, -0.2) is 42.6 Å². The highest BCUT2D eigenvalue weighted by Crippen LogP contribution is 2.38. The molecule has 6 nitrogen and oxygen atoms in total. The fraction of sp³-hybridized carbons (Fsp3) is 0.474. The van der Waals surface area contributed by atoms with Gasteiger partial charge in [-0.3, -0.25) is 9.59 Å². The number of carbonyl (C=O) groups excluding carboxylic acids is 1. The number of fused-ring (bicyclic) bond motifs is 1. The summed E-state index contributed by atoms with van der Waals surface area (Å²) in [7, 11) is 3.15. The third kappa shape index (κ3) is 3.34. The first-order valence-electron chi connectivity index (χ1n) is 8.44. The first-order chi connectivity index (χ1) is 12.0. The van der Waals surface area contributed by atoms with Crippen molar-refractivity contribution in [1.29, 1.82) is 0 Å². The first-order valence-corrected chi connectivity index (χ1v) is 8.44. The van der Waals surface area contributed by atoms with Crippen molar-refractivity contribution in [3.63, 3.8) is 0 Å². The molecule has 1 aliphatic carbocycles. The second-order valence-electron chi connectivity index (χ2n) is 6.54. The van der Waals surface area contributed by atoms with Crippen LogP contribution in [0.15, 0.2) is 30.4 Å². The number of ether oxygens (including phenoxy) is 2. The molecule has 1 fully saturated rings. The van der Waals surface area contributed by atoms with Gasteiger partial charge in [0.25, 0.3) is 0 Å². The van der Waals surface area contributed by atoms with Crippen LogP contribution in [0.5, 0.6) is 11.5 Å². The van der Waals surface area contributed by atoms with Gasteiger partial charge in [-0.25, -0.2) is 0 Å². The van der Waals surface area contributed by atoms with Gasteiger partial charge in [0.15, 0.2) is 11.5 Å². The first kappa shape index (κ1) is 17.3. The SMILES string of the molecule is COc1ccc(CN2CC[C@@H]3C=CC[C@H](C(=O)O)[C@@H]3C2=O)cc1OC. The number of hydrogen-bond donors (Lipinski definition) is 1. The van der Waals surface area contributed by atoms with Gasteiger partial charge >= 0.3 is 5.97 Å². The minimum atomic E-state index is -0.888. The van der Waals surface area contributed by atoms with E-state index < -0.39 is 17.8 Å². The number of aliphatic carboxylic acids is 1. The predicted molar refractivity (Wildman–Crippen MR) is 91.4 cm³/mol. The standard InChI is InChI=1S/C19H23NO5/c1-24-15-7-6-12(10-16(15)25-2)11-20-9-8-13-4-3-5-14(19(22)23)17(13)18(20)21/h3-4,6-7,10,13-14,17H,5,8-9,11H2,1-2H3,(H,22,23)/t13-,14-,17+/m0/s1. The molecule has 1 aromatic rings. The maximum Gasteiger partial charge on any atom is 0.307 e. The number of allylic oxidation sites excluding steroid dienone is 2. The van der Waals surface area contributed by atoms with Crippen LogP contribution in [0.2, 0.25) is 0 Å². The largest absolute Gasteiger partial charge is 0.493 e. The molecular formula is C19H23NO5. The quantitative estimate of drug-likeness (QED) is 0.829. The van der Waals surface area contributed by atoms with E-state index in [4.69, 9.17) is 9.47 Å². The average Bonchev–Trinajstić information content (AvgIpc) is 2.63. The van der Waals surface area contributed by atoms with Gasteiger partial charge in [-0.15, -0.1) is 0 Å². The second kappa shape index (κ2) is 7.17. The highest BCUT2D eigenvalue weighted by molar-refractivity contribution is 5.86. The molecule has 6 heteroatoms. The fourth-order valence-corrected chi connectivity index (χ4v) is 3.83. The zero-order chi connectivity index (χ0) is 18.0. The molecule has 0 unspecified atom stereocenters. The average molecular weight is 345 g/mol. The fourth-order valence-electron chi connectivity index (χ4n) is 3.83. The molecule has 1 aromatic carbocycles. The zero-order valence-electron chi connectivity index (χ0n) is 14.5. The van der Waals surface area contributed by atoms with Crippen LogP contribution in [0.1, 0.15) is 18.4 Å². The molecule has 0 saturated carbocycles. The van der Waals surface area contributed by atoms with Gasteiger partial charge in [0.05, 0.1) is 26.1 Å². The zero-order valence-corrected chi connectivity index (χ0v) is 14.5. The van der Waals surface area contributed by atoms with Crippen molar-refractivity contribution in [1.82, 2.24) is 4.90 Å². The van der Waals surface area contributed by atoms with Crippen LogP contribution in [0.3, 0.4) is 0 Å². The number of rotatable bonds is 5. The Balaban J connectivity index is 1.79. The Bertz CT molecular complexity index is 699. The molecule has 0 aromatic heterocycles. The maximum absolute atomic E-state index is 12.9. The summed E-state index contributed by atoms with van der Waals surface area (Å²) in [4.78, 5) is 26.2. The van der Waals surface area contributed by atoms with E-state index in [1.165, 1.54) is 0 Å². The van der Waals surface area contributed by atoms with Gasteiger partial charge in [-0.2, -0.15) is 0 Å². The molecule has 0 radical (unpaired) electrons. The molecule has 25 heavy (non-hydrogen) atoms. The number of nitrogens with zero attached hydrogens (tertiary/aromatic N) is 1. The third-order valence-corrected chi connectivity index (χ3v) is 5.14. The number of piperidine rings is 1. The lowest BCUT2D eigenvalue weighted by Gasteiger charge is -2.41. The van der Waals surface area contributed by atoms with Crippen molar-refractivity contribution in [3.8, 4) is 11.5 Å². The Morgan fingerprint density at radius 3 is 2.72 bits per heavy atom. The predicted octanol–water partition coefficient (Wildman–Crippen LogP) is 2.33. The molecule has 1 amide bonds. The number of likely N-dealkylation sites (tertiary alicyclic amines) is 1. The maximum atomic E-state index is 12.9. The van der Waals surface area contributed by atoms with E-state index in [1.54, 1.807) is 19.1 Å². The number of carboxylic acids is 1. The highest BCUT2D eigenvalue weighted by Gasteiger charge is 2.44. The smallest absolute Gasteiger partial charge is 0.307 e. The summed E-state index contributed by atoms with van der Waals surface area (Å²) in [5, 5.41) is 9.46. The number of benzene rings is 1. The van der Waals surface area contributed by atoms with Crippen molar-refractivity contribution >= 4 is 11.9 Å². The Morgan fingerprint density at radius 1 is 1.28 bits per heavy atom. The van der Waals surface area contributed by atoms with Crippen molar-refractivity contribution in [2.75, 3.05) is 20.8 Å². The summed E-state index contributed by atoms with van der Waals surface area (Å²) in [6, 6.07) is 5.57. The summed E-state index contributed by atoms with van der Waals surface area (Å²) in [6.45, 7) is 1.07. The summed E-state index contributed by atoms with van der Waals surface area (Å²) in [6.07, 6.45) is 5.13. The topological polar surface area (TPSA) is 76.1 Å². The normalized spacial score (nSPS) is 25.4. The molecule has 1 heterocycles. The molecule has 2 aliphatic rings. The lowest BCUT2D eigenvalue weighted by Crippen LogP contribution is -2.49. The molecule has 134 valence electrons. The molecule has 1 saturated heterocycles. The van der Waals surface area contributed by atoms with E-state index in [9.17, 15) is 14.7 Å². The molecule has 1 N–H and O–H groups in total. The third-order valence-electron chi connectivity index (χ3n) is 5.14. The van der Waals surface area contributed by atoms with E-state index in [2.05, 4.69) is 0 Å². The van der Waals surface area contributed by atoms with Gasteiger partial charge in [-0.05, 0) is 36.5 Å². The Labute approximate surface area is 147 Å². The second-order valence-corrected chi connectivity index (χ2v) is 6.54. The summed E-state index contributed by atoms with van der Waals surface area (Å²) < 4.78 is 10.5. The van der Waals surface area contributed by atoms with Gasteiger partial charge in [-0.1, -0.05) is 18.2 Å². The van der Waals surface area contributed by atoms with E-state index >= 15 is 0 Å². The van der Waals surface area contributed by atoms with Crippen LogP contribution in [0.4, 0.5) is 0 Å². The summed E-state index contributed by atoms with van der Waals surface area (Å²) >= 11 is 0. The minimum absolute atomic E-state index is 0.0315. The molecular weight excluding hydrogens is 322 g/mol. The van der Waals surface area contributed by atoms with E-state index in [0.29, 0.717) is 31.0 Å². The van der Waals surface area contributed by atoms with Gasteiger partial charge in [0.2, 0.25) is 5.91 Å². The summed E-state index contributed by atoms with van der Waals surface area (Å²) in [5.74, 6) is -0.759. The van der Waals surface area contributed by atoms with Gasteiger partial charge in [0.1, 0.15) is 0 Å².